The first kappa shape index (κ1) is 33.3. The lowest BCUT2D eigenvalue weighted by molar-refractivity contribution is 0.381. The molecule has 7 aromatic rings. The van der Waals surface area contributed by atoms with Gasteiger partial charge in [0.15, 0.2) is 46.5 Å². The summed E-state index contributed by atoms with van der Waals surface area (Å²) in [5, 5.41) is 0. The van der Waals surface area contributed by atoms with Crippen LogP contribution in [0.15, 0.2) is 65.1 Å². The van der Waals surface area contributed by atoms with Crippen LogP contribution in [0, 0.1) is 58.2 Å². The molecule has 0 aliphatic carbocycles. The van der Waals surface area contributed by atoms with Gasteiger partial charge in [0.25, 0.3) is 0 Å². The number of aromatic nitrogens is 4. The molecule has 0 saturated heterocycles. The highest BCUT2D eigenvalue weighted by atomic mass is 79.9. The van der Waals surface area contributed by atoms with Crippen LogP contribution in [0.2, 0.25) is 0 Å². The van der Waals surface area contributed by atoms with Gasteiger partial charge in [-0.25, -0.2) is 48.9 Å². The van der Waals surface area contributed by atoms with E-state index < -0.39 is 80.4 Å². The molecule has 3 N–H and O–H groups in total. The molecule has 8 bridgehead atoms. The average molecular weight is 785 g/mol. The Kier molecular flexibility index (Phi) is 7.78. The maximum Gasteiger partial charge on any atom is 0.200 e. The van der Waals surface area contributed by atoms with Gasteiger partial charge in [0.2, 0.25) is 11.6 Å². The minimum absolute atomic E-state index is 0.0938. The second-order valence-electron chi connectivity index (χ2n) is 11.6. The highest BCUT2D eigenvalue weighted by molar-refractivity contribution is 9.10. The number of nitrogens with zero attached hydrogens (tertiary/aromatic N) is 1. The van der Waals surface area contributed by atoms with E-state index in [1.54, 1.807) is 24.3 Å². The quantitative estimate of drug-likeness (QED) is 0.0933. The lowest BCUT2D eigenvalue weighted by Gasteiger charge is -2.10. The molecular formula is C37H15BrF10N4. The predicted octanol–water partition coefficient (Wildman–Crippen LogP) is 11.9. The minimum Gasteiger partial charge on any atom is -0.354 e. The van der Waals surface area contributed by atoms with Crippen LogP contribution < -0.4 is 0 Å². The van der Waals surface area contributed by atoms with E-state index in [0.29, 0.717) is 10.0 Å². The van der Waals surface area contributed by atoms with Gasteiger partial charge in [-0.15, -0.1) is 0 Å². The molecular weight excluding hydrogens is 770 g/mol. The van der Waals surface area contributed by atoms with Crippen LogP contribution in [0.25, 0.3) is 78.6 Å². The molecule has 0 atom stereocenters. The number of H-pyrrole nitrogens is 3. The van der Waals surface area contributed by atoms with Crippen molar-refractivity contribution in [2.45, 2.75) is 0 Å². The van der Waals surface area contributed by atoms with Crippen LogP contribution in [-0.4, -0.2) is 19.9 Å². The molecule has 0 amide bonds. The SMILES string of the molecule is Fc1c(F)c(F)c(-c2c3nc(c(-c4ccc(Br)cc4)c4ccc([nH]4)c(-c4c(F)c(F)c(F)c(F)c4F)c4ccc([nH]4)c4ccc2[nH]4)C=C3)c(F)c1F. The number of fused-ring (bicyclic) bond motifs is 9. The van der Waals surface area contributed by atoms with Crippen LogP contribution in [-0.2, 0) is 0 Å². The summed E-state index contributed by atoms with van der Waals surface area (Å²) in [6.45, 7) is 0. The third kappa shape index (κ3) is 5.01. The third-order valence-electron chi connectivity index (χ3n) is 8.63. The minimum atomic E-state index is -2.35. The first-order valence-corrected chi connectivity index (χ1v) is 15.8. The fourth-order valence-electron chi connectivity index (χ4n) is 6.25. The topological polar surface area (TPSA) is 60.3 Å². The lowest BCUT2D eigenvalue weighted by Crippen LogP contribution is -2.05. The molecule has 0 fully saturated rings. The van der Waals surface area contributed by atoms with E-state index in [1.807, 2.05) is 0 Å². The molecule has 8 rings (SSSR count). The van der Waals surface area contributed by atoms with E-state index in [0.717, 1.165) is 0 Å². The molecule has 0 radical (unpaired) electrons. The Bertz CT molecular complexity index is 2760. The highest BCUT2D eigenvalue weighted by Crippen LogP contribution is 2.41. The Hall–Kier alpha value is -5.83. The van der Waals surface area contributed by atoms with Crippen LogP contribution in [0.3, 0.4) is 0 Å². The zero-order valence-electron chi connectivity index (χ0n) is 25.5. The Morgan fingerprint density at radius 1 is 0.346 bits per heavy atom. The van der Waals surface area contributed by atoms with E-state index in [4.69, 9.17) is 0 Å². The smallest absolute Gasteiger partial charge is 0.200 e. The third-order valence-corrected chi connectivity index (χ3v) is 9.16. The molecule has 3 aromatic carbocycles. The number of hydrogen-bond acceptors (Lipinski definition) is 1. The van der Waals surface area contributed by atoms with Gasteiger partial charge in [0.05, 0.1) is 33.5 Å². The van der Waals surface area contributed by atoms with Crippen molar-refractivity contribution in [3.05, 3.63) is 135 Å². The van der Waals surface area contributed by atoms with Gasteiger partial charge >= 0.3 is 0 Å². The normalized spacial score (nSPS) is 12.1. The number of halogens is 11. The van der Waals surface area contributed by atoms with Gasteiger partial charge in [0.1, 0.15) is 0 Å². The van der Waals surface area contributed by atoms with Crippen LogP contribution in [0.4, 0.5) is 43.9 Å². The number of benzene rings is 3. The molecule has 15 heteroatoms. The average Bonchev–Trinajstić information content (AvgIpc) is 3.97. The predicted molar refractivity (Wildman–Crippen MR) is 179 cm³/mol. The first-order chi connectivity index (χ1) is 24.8. The first-order valence-electron chi connectivity index (χ1n) is 15.0. The number of hydrogen-bond donors (Lipinski definition) is 3. The zero-order valence-corrected chi connectivity index (χ0v) is 27.1. The molecule has 52 heavy (non-hydrogen) atoms. The Labute approximate surface area is 292 Å². The summed E-state index contributed by atoms with van der Waals surface area (Å²) in [7, 11) is 0. The number of nitrogens with one attached hydrogen (secondary N) is 3. The van der Waals surface area contributed by atoms with Crippen molar-refractivity contribution in [3.63, 3.8) is 0 Å². The maximum atomic E-state index is 15.5. The van der Waals surface area contributed by atoms with E-state index in [-0.39, 0.29) is 50.1 Å². The van der Waals surface area contributed by atoms with Crippen molar-refractivity contribution in [2.75, 3.05) is 0 Å². The van der Waals surface area contributed by atoms with Crippen molar-refractivity contribution in [2.24, 2.45) is 0 Å². The van der Waals surface area contributed by atoms with Crippen molar-refractivity contribution in [3.8, 4) is 33.4 Å². The summed E-state index contributed by atoms with van der Waals surface area (Å²) >= 11 is 3.35. The van der Waals surface area contributed by atoms with Crippen molar-refractivity contribution in [1.82, 2.24) is 19.9 Å². The van der Waals surface area contributed by atoms with E-state index in [2.05, 4.69) is 35.9 Å². The monoisotopic (exact) mass is 784 g/mol. The molecule has 1 aliphatic rings. The van der Waals surface area contributed by atoms with Gasteiger partial charge in [-0.05, 0) is 66.2 Å². The summed E-state index contributed by atoms with van der Waals surface area (Å²) in [4.78, 5) is 13.3. The van der Waals surface area contributed by atoms with Gasteiger partial charge in [-0.1, -0.05) is 28.1 Å². The Morgan fingerprint density at radius 3 is 1.13 bits per heavy atom. The number of rotatable bonds is 3. The maximum absolute atomic E-state index is 15.5. The summed E-state index contributed by atoms with van der Waals surface area (Å²) in [6, 6.07) is 14.8. The zero-order chi connectivity index (χ0) is 36.7. The summed E-state index contributed by atoms with van der Waals surface area (Å²) in [6.07, 6.45) is 2.72. The van der Waals surface area contributed by atoms with Crippen LogP contribution in [0.1, 0.15) is 11.4 Å². The van der Waals surface area contributed by atoms with Crippen molar-refractivity contribution in [1.29, 1.82) is 0 Å². The van der Waals surface area contributed by atoms with Gasteiger partial charge in [-0.3, -0.25) is 0 Å². The Balaban J connectivity index is 1.60. The van der Waals surface area contributed by atoms with Crippen LogP contribution >= 0.6 is 15.9 Å². The molecule has 4 aromatic heterocycles. The largest absolute Gasteiger partial charge is 0.354 e. The molecule has 0 spiro atoms. The van der Waals surface area contributed by atoms with E-state index in [9.17, 15) is 26.3 Å². The Morgan fingerprint density at radius 2 is 0.673 bits per heavy atom. The lowest BCUT2D eigenvalue weighted by atomic mass is 10.0. The van der Waals surface area contributed by atoms with Crippen LogP contribution in [0.5, 0.6) is 0 Å². The molecule has 260 valence electrons. The second-order valence-corrected chi connectivity index (χ2v) is 12.5. The standard InChI is InChI=1S/C37H15BrF10N4/c38-14-3-1-13(2-4-14)23-17-9-11-21(51-17)24(26-28(39)32(43)36(47)33(44)29(26)40)19-7-5-15(49-19)16-6-8-20(50-16)25(22-12-10-18(23)52-22)27-30(41)34(45)37(48)35(46)31(27)42/h1-12,49-51H. The summed E-state index contributed by atoms with van der Waals surface area (Å²) in [5.74, 6) is -21.8. The highest BCUT2D eigenvalue weighted by Gasteiger charge is 2.31. The van der Waals surface area contributed by atoms with Gasteiger partial charge in [0, 0.05) is 43.2 Å². The molecule has 1 aliphatic heterocycles. The summed E-state index contributed by atoms with van der Waals surface area (Å²) in [5.41, 5.74) is -2.71. The van der Waals surface area contributed by atoms with Gasteiger partial charge < -0.3 is 15.0 Å². The van der Waals surface area contributed by atoms with Crippen molar-refractivity contribution < 1.29 is 43.9 Å². The van der Waals surface area contributed by atoms with E-state index in [1.165, 1.54) is 48.6 Å². The molecule has 0 unspecified atom stereocenters. The molecule has 4 nitrogen and oxygen atoms in total. The molecule has 5 heterocycles. The fourth-order valence-corrected chi connectivity index (χ4v) is 6.51. The fraction of sp³-hybridized carbons (Fsp3) is 0. The second kappa shape index (κ2) is 12.1. The van der Waals surface area contributed by atoms with Gasteiger partial charge in [-0.2, -0.15) is 0 Å². The van der Waals surface area contributed by atoms with E-state index >= 15 is 17.6 Å². The number of aromatic amines is 3. The van der Waals surface area contributed by atoms with Crippen molar-refractivity contribution >= 4 is 61.2 Å². The molecule has 0 saturated carbocycles. The summed E-state index contributed by atoms with van der Waals surface area (Å²) < 4.78 is 149.